The molecule has 0 spiro atoms. The zero-order valence-electron chi connectivity index (χ0n) is 16.9. The minimum Gasteiger partial charge on any atom is -0.365 e. The van der Waals surface area contributed by atoms with E-state index in [-0.39, 0.29) is 17.3 Å². The molecule has 164 valence electrons. The molecular formula is C19H24F3N5O2S. The number of nitrogens with zero attached hydrogens (tertiary/aromatic N) is 3. The first kappa shape index (κ1) is 22.3. The molecule has 2 N–H and O–H groups in total. The Bertz CT molecular complexity index is 1030. The Kier molecular flexibility index (Phi) is 6.23. The van der Waals surface area contributed by atoms with Gasteiger partial charge in [-0.25, -0.2) is 8.42 Å². The number of rotatable bonds is 5. The van der Waals surface area contributed by atoms with Crippen LogP contribution in [0.1, 0.15) is 24.0 Å². The van der Waals surface area contributed by atoms with Crippen molar-refractivity contribution in [1.29, 1.82) is 0 Å². The first-order valence-corrected chi connectivity index (χ1v) is 11.3. The minimum atomic E-state index is -4.60. The fraction of sp³-hybridized carbons (Fsp3) is 0.474. The molecule has 30 heavy (non-hydrogen) atoms. The monoisotopic (exact) mass is 443 g/mol. The predicted octanol–water partition coefficient (Wildman–Crippen LogP) is 3.35. The van der Waals surface area contributed by atoms with E-state index in [0.717, 1.165) is 44.3 Å². The number of likely N-dealkylation sites (N-methyl/N-ethyl adjacent to an activating group) is 1. The molecule has 3 rings (SSSR count). The summed E-state index contributed by atoms with van der Waals surface area (Å²) in [7, 11) is -1.75. The van der Waals surface area contributed by atoms with Crippen LogP contribution in [0, 0.1) is 6.92 Å². The van der Waals surface area contributed by atoms with Gasteiger partial charge in [-0.15, -0.1) is 10.2 Å². The highest BCUT2D eigenvalue weighted by Crippen LogP contribution is 2.36. The normalized spacial score (nSPS) is 18.3. The highest BCUT2D eigenvalue weighted by atomic mass is 32.2. The summed E-state index contributed by atoms with van der Waals surface area (Å²) in [6, 6.07) is 4.86. The zero-order chi connectivity index (χ0) is 22.1. The molecule has 11 heteroatoms. The number of halogens is 3. The average Bonchev–Trinajstić information content (AvgIpc) is 2.60. The highest BCUT2D eigenvalue weighted by molar-refractivity contribution is 7.92. The van der Waals surface area contributed by atoms with Crippen LogP contribution in [0.2, 0.25) is 0 Å². The zero-order valence-corrected chi connectivity index (χ0v) is 17.7. The number of sulfonamides is 1. The number of piperidine rings is 1. The summed E-state index contributed by atoms with van der Waals surface area (Å²) in [6.45, 7) is 3.68. The number of hydrogen-bond acceptors (Lipinski definition) is 6. The third-order valence-corrected chi connectivity index (χ3v) is 5.45. The van der Waals surface area contributed by atoms with Crippen molar-refractivity contribution in [3.63, 3.8) is 0 Å². The molecular weight excluding hydrogens is 419 g/mol. The molecule has 1 fully saturated rings. The van der Waals surface area contributed by atoms with E-state index in [0.29, 0.717) is 17.1 Å². The van der Waals surface area contributed by atoms with Gasteiger partial charge in [-0.2, -0.15) is 13.2 Å². The van der Waals surface area contributed by atoms with Gasteiger partial charge in [-0.1, -0.05) is 6.07 Å². The standard InChI is InChI=1S/C19H24F3N5O2S/c1-12-9-17(23-14-5-4-8-27(2)11-14)24-25-18(12)15-7-6-13(19(20,21)22)10-16(15)26-30(3,28)29/h6-7,9-10,14,26H,4-5,8,11H2,1-3H3,(H,23,24)/t14-/m1/s1. The maximum atomic E-state index is 13.1. The van der Waals surface area contributed by atoms with Crippen molar-refractivity contribution >= 4 is 21.5 Å². The first-order valence-electron chi connectivity index (χ1n) is 9.41. The minimum absolute atomic E-state index is 0.195. The van der Waals surface area contributed by atoms with Crippen LogP contribution in [0.15, 0.2) is 24.3 Å². The third kappa shape index (κ3) is 5.60. The molecule has 1 atom stereocenters. The molecule has 1 aliphatic heterocycles. The lowest BCUT2D eigenvalue weighted by Gasteiger charge is -2.30. The first-order chi connectivity index (χ1) is 13.9. The van der Waals surface area contributed by atoms with Gasteiger partial charge in [-0.05, 0) is 57.1 Å². The second-order valence-corrected chi connectivity index (χ2v) is 9.39. The average molecular weight is 443 g/mol. The number of aromatic nitrogens is 2. The number of likely N-dealkylation sites (tertiary alicyclic amines) is 1. The fourth-order valence-electron chi connectivity index (χ4n) is 3.53. The Morgan fingerprint density at radius 1 is 1.20 bits per heavy atom. The number of alkyl halides is 3. The van der Waals surface area contributed by atoms with Crippen molar-refractivity contribution in [2.45, 2.75) is 32.0 Å². The largest absolute Gasteiger partial charge is 0.416 e. The summed E-state index contributed by atoms with van der Waals surface area (Å²) >= 11 is 0. The molecule has 0 radical (unpaired) electrons. The van der Waals surface area contributed by atoms with Gasteiger partial charge in [0.2, 0.25) is 10.0 Å². The van der Waals surface area contributed by atoms with Crippen LogP contribution in [-0.2, 0) is 16.2 Å². The second kappa shape index (κ2) is 8.38. The number of hydrogen-bond donors (Lipinski definition) is 2. The molecule has 0 aliphatic carbocycles. The van der Waals surface area contributed by atoms with Crippen LogP contribution in [-0.4, -0.2) is 55.9 Å². The van der Waals surface area contributed by atoms with Gasteiger partial charge in [0.25, 0.3) is 0 Å². The van der Waals surface area contributed by atoms with Crippen molar-refractivity contribution in [2.24, 2.45) is 0 Å². The fourth-order valence-corrected chi connectivity index (χ4v) is 4.09. The van der Waals surface area contributed by atoms with Gasteiger partial charge < -0.3 is 10.2 Å². The van der Waals surface area contributed by atoms with E-state index in [1.807, 2.05) is 0 Å². The third-order valence-electron chi connectivity index (χ3n) is 4.86. The number of nitrogens with one attached hydrogen (secondary N) is 2. The van der Waals surface area contributed by atoms with E-state index in [1.54, 1.807) is 13.0 Å². The van der Waals surface area contributed by atoms with Gasteiger partial charge in [0, 0.05) is 18.2 Å². The topological polar surface area (TPSA) is 87.2 Å². The number of aryl methyl sites for hydroxylation is 1. The smallest absolute Gasteiger partial charge is 0.365 e. The predicted molar refractivity (Wildman–Crippen MR) is 110 cm³/mol. The lowest BCUT2D eigenvalue weighted by molar-refractivity contribution is -0.137. The molecule has 7 nitrogen and oxygen atoms in total. The molecule has 0 saturated carbocycles. The second-order valence-electron chi connectivity index (χ2n) is 7.64. The van der Waals surface area contributed by atoms with Crippen molar-refractivity contribution < 1.29 is 21.6 Å². The summed E-state index contributed by atoms with van der Waals surface area (Å²) in [6.07, 6.45) is -1.64. The summed E-state index contributed by atoms with van der Waals surface area (Å²) in [5.41, 5.74) is 0.0404. The van der Waals surface area contributed by atoms with Gasteiger partial charge >= 0.3 is 6.18 Å². The van der Waals surface area contributed by atoms with Gasteiger partial charge in [-0.3, -0.25) is 4.72 Å². The molecule has 0 bridgehead atoms. The molecule has 1 aromatic heterocycles. The quantitative estimate of drug-likeness (QED) is 0.737. The van der Waals surface area contributed by atoms with Crippen molar-refractivity contribution in [3.05, 3.63) is 35.4 Å². The van der Waals surface area contributed by atoms with Crippen LogP contribution in [0.3, 0.4) is 0 Å². The van der Waals surface area contributed by atoms with Crippen LogP contribution in [0.4, 0.5) is 24.7 Å². The Balaban J connectivity index is 1.94. The van der Waals surface area contributed by atoms with Crippen LogP contribution in [0.5, 0.6) is 0 Å². The van der Waals surface area contributed by atoms with E-state index in [1.165, 1.54) is 6.07 Å². The van der Waals surface area contributed by atoms with Crippen LogP contribution < -0.4 is 10.0 Å². The Morgan fingerprint density at radius 2 is 1.93 bits per heavy atom. The van der Waals surface area contributed by atoms with E-state index in [2.05, 4.69) is 32.2 Å². The number of anilines is 2. The van der Waals surface area contributed by atoms with E-state index < -0.39 is 21.8 Å². The van der Waals surface area contributed by atoms with Crippen molar-refractivity contribution in [2.75, 3.05) is 36.4 Å². The van der Waals surface area contributed by atoms with Gasteiger partial charge in [0.1, 0.15) is 5.82 Å². The van der Waals surface area contributed by atoms with Gasteiger partial charge in [0.15, 0.2) is 0 Å². The van der Waals surface area contributed by atoms with Crippen molar-refractivity contribution in [1.82, 2.24) is 15.1 Å². The SMILES string of the molecule is Cc1cc(N[C@@H]2CCCN(C)C2)nnc1-c1ccc(C(F)(F)F)cc1NS(C)(=O)=O. The van der Waals surface area contributed by atoms with E-state index in [9.17, 15) is 21.6 Å². The maximum absolute atomic E-state index is 13.1. The van der Waals surface area contributed by atoms with Crippen LogP contribution >= 0.6 is 0 Å². The molecule has 0 unspecified atom stereocenters. The van der Waals surface area contributed by atoms with E-state index in [4.69, 9.17) is 0 Å². The summed E-state index contributed by atoms with van der Waals surface area (Å²) in [5, 5.41) is 11.7. The highest BCUT2D eigenvalue weighted by Gasteiger charge is 2.31. The lowest BCUT2D eigenvalue weighted by atomic mass is 10.0. The van der Waals surface area contributed by atoms with E-state index >= 15 is 0 Å². The molecule has 1 saturated heterocycles. The maximum Gasteiger partial charge on any atom is 0.416 e. The summed E-state index contributed by atoms with van der Waals surface area (Å²) < 4.78 is 64.8. The number of benzene rings is 1. The molecule has 2 heterocycles. The van der Waals surface area contributed by atoms with Crippen molar-refractivity contribution in [3.8, 4) is 11.3 Å². The molecule has 1 aromatic carbocycles. The summed E-state index contributed by atoms with van der Waals surface area (Å²) in [5.74, 6) is 0.570. The molecule has 2 aromatic rings. The lowest BCUT2D eigenvalue weighted by Crippen LogP contribution is -2.39. The molecule has 1 aliphatic rings. The Morgan fingerprint density at radius 3 is 2.53 bits per heavy atom. The summed E-state index contributed by atoms with van der Waals surface area (Å²) in [4.78, 5) is 2.22. The Labute approximate surface area is 173 Å². The van der Waals surface area contributed by atoms with Gasteiger partial charge in [0.05, 0.1) is 23.2 Å². The molecule has 0 amide bonds. The Hall–Kier alpha value is -2.40. The van der Waals surface area contributed by atoms with Crippen LogP contribution in [0.25, 0.3) is 11.3 Å².